The summed E-state index contributed by atoms with van der Waals surface area (Å²) in [5, 5.41) is 6.59. The first-order valence-electron chi connectivity index (χ1n) is 8.86. The predicted octanol–water partition coefficient (Wildman–Crippen LogP) is 3.27. The number of aromatic nitrogens is 1. The van der Waals surface area contributed by atoms with Crippen LogP contribution in [0.1, 0.15) is 11.3 Å². The molecule has 0 unspecified atom stereocenters. The van der Waals surface area contributed by atoms with Crippen molar-refractivity contribution in [3.63, 3.8) is 0 Å². The Bertz CT molecular complexity index is 886. The maximum absolute atomic E-state index is 5.57. The summed E-state index contributed by atoms with van der Waals surface area (Å²) in [6, 6.07) is 18.3. The van der Waals surface area contributed by atoms with E-state index < -0.39 is 0 Å². The van der Waals surface area contributed by atoms with Crippen molar-refractivity contribution in [2.24, 2.45) is 4.99 Å². The lowest BCUT2D eigenvalue weighted by Crippen LogP contribution is -2.36. The minimum absolute atomic E-state index is 0.535. The van der Waals surface area contributed by atoms with Crippen LogP contribution in [0.5, 0.6) is 0 Å². The van der Waals surface area contributed by atoms with Gasteiger partial charge in [0, 0.05) is 38.9 Å². The smallest absolute Gasteiger partial charge is 0.226 e. The third-order valence-corrected chi connectivity index (χ3v) is 4.12. The first-order valence-corrected chi connectivity index (χ1v) is 8.86. The van der Waals surface area contributed by atoms with Crippen LogP contribution in [0.3, 0.4) is 0 Å². The predicted molar refractivity (Wildman–Crippen MR) is 110 cm³/mol. The molecule has 0 radical (unpaired) electrons. The van der Waals surface area contributed by atoms with Crippen LogP contribution in [0.4, 0.5) is 5.69 Å². The quantitative estimate of drug-likeness (QED) is 0.520. The molecule has 140 valence electrons. The van der Waals surface area contributed by atoms with Gasteiger partial charge in [-0.15, -0.1) is 0 Å². The molecule has 1 aromatic heterocycles. The summed E-state index contributed by atoms with van der Waals surface area (Å²) in [5.41, 5.74) is 4.16. The van der Waals surface area contributed by atoms with E-state index in [0.29, 0.717) is 19.0 Å². The monoisotopic (exact) mass is 363 g/mol. The number of hydrogen-bond acceptors (Lipinski definition) is 4. The molecule has 2 N–H and O–H groups in total. The summed E-state index contributed by atoms with van der Waals surface area (Å²) in [6.45, 7) is 1.23. The van der Waals surface area contributed by atoms with E-state index in [1.807, 2.05) is 44.4 Å². The lowest BCUT2D eigenvalue weighted by molar-refractivity contribution is 0.572. The number of anilines is 1. The SMILES string of the molecule is CN=C(NCc1cccc(N(C)C)c1)NCc1coc(-c2ccccc2)n1. The molecule has 1 heterocycles. The Morgan fingerprint density at radius 3 is 2.56 bits per heavy atom. The van der Waals surface area contributed by atoms with Crippen molar-refractivity contribution >= 4 is 11.6 Å². The number of aliphatic imine (C=N–C) groups is 1. The second-order valence-electron chi connectivity index (χ2n) is 6.35. The van der Waals surface area contributed by atoms with Crippen LogP contribution in [0, 0.1) is 0 Å². The Kier molecular flexibility index (Phi) is 6.10. The molecule has 0 saturated carbocycles. The number of guanidine groups is 1. The molecule has 0 bridgehead atoms. The van der Waals surface area contributed by atoms with E-state index in [9.17, 15) is 0 Å². The first kappa shape index (κ1) is 18.5. The highest BCUT2D eigenvalue weighted by atomic mass is 16.3. The van der Waals surface area contributed by atoms with Gasteiger partial charge in [-0.25, -0.2) is 4.98 Å². The third kappa shape index (κ3) is 5.10. The highest BCUT2D eigenvalue weighted by Crippen LogP contribution is 2.17. The Labute approximate surface area is 160 Å². The zero-order valence-corrected chi connectivity index (χ0v) is 15.9. The number of nitrogens with zero attached hydrogens (tertiary/aromatic N) is 3. The van der Waals surface area contributed by atoms with Crippen molar-refractivity contribution in [1.82, 2.24) is 15.6 Å². The molecule has 6 nitrogen and oxygen atoms in total. The van der Waals surface area contributed by atoms with E-state index in [0.717, 1.165) is 17.2 Å². The van der Waals surface area contributed by atoms with Gasteiger partial charge in [0.1, 0.15) is 6.26 Å². The molecule has 3 rings (SSSR count). The van der Waals surface area contributed by atoms with Gasteiger partial charge in [-0.2, -0.15) is 0 Å². The summed E-state index contributed by atoms with van der Waals surface area (Å²) in [6.07, 6.45) is 1.67. The van der Waals surface area contributed by atoms with E-state index in [-0.39, 0.29) is 0 Å². The van der Waals surface area contributed by atoms with E-state index >= 15 is 0 Å². The Balaban J connectivity index is 1.54. The molecule has 0 saturated heterocycles. The van der Waals surface area contributed by atoms with Gasteiger partial charge in [0.05, 0.1) is 12.2 Å². The molecule has 0 fully saturated rings. The molecule has 0 amide bonds. The zero-order chi connectivity index (χ0) is 19.1. The summed E-state index contributed by atoms with van der Waals surface area (Å²) < 4.78 is 5.57. The van der Waals surface area contributed by atoms with Gasteiger partial charge < -0.3 is 20.0 Å². The van der Waals surface area contributed by atoms with Gasteiger partial charge in [-0.05, 0) is 29.8 Å². The topological polar surface area (TPSA) is 65.7 Å². The average molecular weight is 363 g/mol. The number of nitrogens with one attached hydrogen (secondary N) is 2. The van der Waals surface area contributed by atoms with Gasteiger partial charge in [0.15, 0.2) is 5.96 Å². The molecule has 3 aromatic rings. The van der Waals surface area contributed by atoms with Crippen LogP contribution in [0.15, 0.2) is 70.3 Å². The molecule has 6 heteroatoms. The van der Waals surface area contributed by atoms with Crippen molar-refractivity contribution in [3.8, 4) is 11.5 Å². The Hall–Kier alpha value is -3.28. The number of benzene rings is 2. The second-order valence-corrected chi connectivity index (χ2v) is 6.35. The molecule has 0 aliphatic rings. The van der Waals surface area contributed by atoms with Crippen molar-refractivity contribution in [1.29, 1.82) is 0 Å². The van der Waals surface area contributed by atoms with Crippen LogP contribution in [0.25, 0.3) is 11.5 Å². The molecule has 0 atom stereocenters. The highest BCUT2D eigenvalue weighted by molar-refractivity contribution is 5.79. The summed E-state index contributed by atoms with van der Waals surface area (Å²) >= 11 is 0. The van der Waals surface area contributed by atoms with Gasteiger partial charge >= 0.3 is 0 Å². The van der Waals surface area contributed by atoms with Crippen LogP contribution in [0.2, 0.25) is 0 Å². The van der Waals surface area contributed by atoms with Crippen LogP contribution in [-0.2, 0) is 13.1 Å². The largest absolute Gasteiger partial charge is 0.444 e. The van der Waals surface area contributed by atoms with Crippen molar-refractivity contribution in [3.05, 3.63) is 72.1 Å². The maximum Gasteiger partial charge on any atom is 0.226 e. The highest BCUT2D eigenvalue weighted by Gasteiger charge is 2.07. The maximum atomic E-state index is 5.57. The molecule has 27 heavy (non-hydrogen) atoms. The lowest BCUT2D eigenvalue weighted by atomic mass is 10.2. The standard InChI is InChI=1S/C21H25N5O/c1-22-21(23-13-16-8-7-11-19(12-16)26(2)3)24-14-18-15-27-20(25-18)17-9-5-4-6-10-17/h4-12,15H,13-14H2,1-3H3,(H2,22,23,24). The van der Waals surface area contributed by atoms with Gasteiger partial charge in [-0.3, -0.25) is 4.99 Å². The summed E-state index contributed by atoms with van der Waals surface area (Å²) in [7, 11) is 5.83. The lowest BCUT2D eigenvalue weighted by Gasteiger charge is -2.15. The average Bonchev–Trinajstić information content (AvgIpc) is 3.18. The second kappa shape index (κ2) is 8.89. The van der Waals surface area contributed by atoms with Crippen molar-refractivity contribution in [2.75, 3.05) is 26.0 Å². The molecular formula is C21H25N5O. The van der Waals surface area contributed by atoms with Gasteiger partial charge in [0.2, 0.25) is 5.89 Å². The minimum Gasteiger partial charge on any atom is -0.444 e. The Morgan fingerprint density at radius 2 is 1.81 bits per heavy atom. The normalized spacial score (nSPS) is 11.3. The number of oxazole rings is 1. The first-order chi connectivity index (χ1) is 13.2. The Morgan fingerprint density at radius 1 is 1.04 bits per heavy atom. The van der Waals surface area contributed by atoms with E-state index in [2.05, 4.69) is 49.8 Å². The van der Waals surface area contributed by atoms with Crippen LogP contribution >= 0.6 is 0 Å². The van der Waals surface area contributed by atoms with E-state index in [1.54, 1.807) is 13.3 Å². The fourth-order valence-corrected chi connectivity index (χ4v) is 2.63. The zero-order valence-electron chi connectivity index (χ0n) is 15.9. The van der Waals surface area contributed by atoms with Gasteiger partial charge in [-0.1, -0.05) is 30.3 Å². The molecule has 0 spiro atoms. The van der Waals surface area contributed by atoms with Crippen LogP contribution in [-0.4, -0.2) is 32.1 Å². The molecule has 2 aromatic carbocycles. The minimum atomic E-state index is 0.535. The third-order valence-electron chi connectivity index (χ3n) is 4.12. The number of hydrogen-bond donors (Lipinski definition) is 2. The molecular weight excluding hydrogens is 338 g/mol. The number of rotatable bonds is 6. The van der Waals surface area contributed by atoms with Crippen molar-refractivity contribution in [2.45, 2.75) is 13.1 Å². The molecule has 0 aliphatic heterocycles. The molecule has 0 aliphatic carbocycles. The van der Waals surface area contributed by atoms with Crippen LogP contribution < -0.4 is 15.5 Å². The van der Waals surface area contributed by atoms with Gasteiger partial charge in [0.25, 0.3) is 0 Å². The summed E-state index contributed by atoms with van der Waals surface area (Å²) in [5.74, 6) is 1.34. The fourth-order valence-electron chi connectivity index (χ4n) is 2.63. The van der Waals surface area contributed by atoms with E-state index in [4.69, 9.17) is 4.42 Å². The fraction of sp³-hybridized carbons (Fsp3) is 0.238. The van der Waals surface area contributed by atoms with E-state index in [1.165, 1.54) is 11.3 Å². The van der Waals surface area contributed by atoms with Crippen molar-refractivity contribution < 1.29 is 4.42 Å². The summed E-state index contributed by atoms with van der Waals surface area (Å²) in [4.78, 5) is 10.9.